The Morgan fingerprint density at radius 2 is 1.90 bits per heavy atom. The van der Waals surface area contributed by atoms with Crippen LogP contribution in [0.3, 0.4) is 0 Å². The third kappa shape index (κ3) is 7.31. The first-order valence-electron chi connectivity index (χ1n) is 2.54. The molecule has 0 saturated carbocycles. The zero-order chi connectivity index (χ0) is 7.49. The van der Waals surface area contributed by atoms with Crippen LogP contribution >= 0.6 is 11.6 Å². The molecule has 0 rings (SSSR count). The van der Waals surface area contributed by atoms with E-state index >= 15 is 0 Å². The number of halogens is 1. The molecule has 1 N–H and O–H groups in total. The number of hydrogen-bond donors (Lipinski definition) is 1. The normalized spacial score (nSPS) is 11.2. The maximum atomic E-state index is 10.6. The van der Waals surface area contributed by atoms with Crippen LogP contribution in [-0.2, 0) is 10.0 Å². The minimum atomic E-state index is -3.20. The molecule has 0 aliphatic carbocycles. The first-order valence-corrected chi connectivity index (χ1v) is 4.72. The van der Waals surface area contributed by atoms with Crippen molar-refractivity contribution in [2.75, 3.05) is 5.21 Å². The first-order chi connectivity index (χ1) is 3.98. The molecule has 0 amide bonds. The van der Waals surface area contributed by atoms with Crippen LogP contribution in [0.1, 0.15) is 13.8 Å². The molecule has 10 heavy (non-hydrogen) atoms. The van der Waals surface area contributed by atoms with Crippen molar-refractivity contribution < 1.29 is 8.42 Å². The Kier molecular flexibility index (Phi) is 7.99. The molecular weight excluding hydrogens is 185 g/mol. The summed E-state index contributed by atoms with van der Waals surface area (Å²) in [4.78, 5) is 0. The van der Waals surface area contributed by atoms with Gasteiger partial charge in [-0.2, -0.15) is 0 Å². The fourth-order valence-electron chi connectivity index (χ4n) is 0.391. The van der Waals surface area contributed by atoms with E-state index in [1.807, 2.05) is 0 Å². The van der Waals surface area contributed by atoms with Gasteiger partial charge >= 0.3 is 29.6 Å². The minimum absolute atomic E-state index is 0. The van der Waals surface area contributed by atoms with Gasteiger partial charge in [0.25, 0.3) is 0 Å². The zero-order valence-electron chi connectivity index (χ0n) is 5.39. The molecule has 0 spiro atoms. The van der Waals surface area contributed by atoms with E-state index in [0.717, 1.165) is 0 Å². The molecular formula is C4H11ClNNaO2S. The molecule has 3 nitrogen and oxygen atoms in total. The van der Waals surface area contributed by atoms with Crippen LogP contribution in [0.25, 0.3) is 0 Å². The molecule has 0 aromatic rings. The van der Waals surface area contributed by atoms with E-state index in [2.05, 4.69) is 4.72 Å². The Bertz CT molecular complexity index is 168. The number of sulfonamides is 1. The van der Waals surface area contributed by atoms with Crippen LogP contribution in [0.5, 0.6) is 0 Å². The van der Waals surface area contributed by atoms with Gasteiger partial charge in [-0.1, -0.05) is 0 Å². The topological polar surface area (TPSA) is 46.2 Å². The van der Waals surface area contributed by atoms with Crippen molar-refractivity contribution >= 4 is 51.2 Å². The number of alkyl halides is 1. The number of nitrogens with one attached hydrogen (secondary N) is 1. The number of rotatable bonds is 3. The van der Waals surface area contributed by atoms with Gasteiger partial charge in [0.15, 0.2) is 0 Å². The van der Waals surface area contributed by atoms with Crippen molar-refractivity contribution in [3.05, 3.63) is 0 Å². The van der Waals surface area contributed by atoms with Crippen molar-refractivity contribution in [2.45, 2.75) is 19.9 Å². The molecule has 0 bridgehead atoms. The molecule has 0 radical (unpaired) electrons. The molecule has 58 valence electrons. The summed E-state index contributed by atoms with van der Waals surface area (Å²) in [6, 6.07) is -0.0752. The van der Waals surface area contributed by atoms with Crippen LogP contribution in [-0.4, -0.2) is 49.2 Å². The summed E-state index contributed by atoms with van der Waals surface area (Å²) in [5.41, 5.74) is 0. The van der Waals surface area contributed by atoms with E-state index in [-0.39, 0.29) is 40.8 Å². The molecule has 0 aromatic carbocycles. The third-order valence-electron chi connectivity index (χ3n) is 0.559. The molecule has 0 aliphatic rings. The van der Waals surface area contributed by atoms with E-state index in [1.165, 1.54) is 0 Å². The quantitative estimate of drug-likeness (QED) is 0.504. The van der Waals surface area contributed by atoms with Crippen LogP contribution in [0.2, 0.25) is 0 Å². The van der Waals surface area contributed by atoms with Gasteiger partial charge in [0.05, 0.1) is 0 Å². The molecule has 0 aromatic heterocycles. The molecule has 0 unspecified atom stereocenters. The Morgan fingerprint density at radius 3 is 2.00 bits per heavy atom. The Balaban J connectivity index is 0. The Labute approximate surface area is 88.9 Å². The van der Waals surface area contributed by atoms with Crippen molar-refractivity contribution in [3.8, 4) is 0 Å². The molecule has 0 atom stereocenters. The monoisotopic (exact) mass is 195 g/mol. The SMILES string of the molecule is CC(C)NS(=O)(=O)CCl.[NaH]. The van der Waals surface area contributed by atoms with Crippen LogP contribution in [0.15, 0.2) is 0 Å². The molecule has 0 heterocycles. The van der Waals surface area contributed by atoms with E-state index in [0.29, 0.717) is 0 Å². The third-order valence-corrected chi connectivity index (χ3v) is 2.54. The Morgan fingerprint density at radius 1 is 1.50 bits per heavy atom. The maximum absolute atomic E-state index is 10.6. The van der Waals surface area contributed by atoms with E-state index in [4.69, 9.17) is 11.6 Å². The summed E-state index contributed by atoms with van der Waals surface area (Å²) < 4.78 is 23.4. The summed E-state index contributed by atoms with van der Waals surface area (Å²) >= 11 is 5.09. The fourth-order valence-corrected chi connectivity index (χ4v) is 1.36. The van der Waals surface area contributed by atoms with E-state index in [1.54, 1.807) is 13.8 Å². The molecule has 6 heteroatoms. The zero-order valence-corrected chi connectivity index (χ0v) is 6.96. The van der Waals surface area contributed by atoms with Crippen molar-refractivity contribution in [3.63, 3.8) is 0 Å². The standard InChI is InChI=1S/C4H10ClNO2S.Na.H/c1-4(2)6-9(7,8)3-5;;/h4,6H,3H2,1-2H3;;. The average molecular weight is 196 g/mol. The van der Waals surface area contributed by atoms with Gasteiger partial charge in [0, 0.05) is 6.04 Å². The summed E-state index contributed by atoms with van der Waals surface area (Å²) in [5.74, 6) is 0. The van der Waals surface area contributed by atoms with E-state index in [9.17, 15) is 8.42 Å². The predicted molar refractivity (Wildman–Crippen MR) is 45.1 cm³/mol. The van der Waals surface area contributed by atoms with Gasteiger partial charge in [-0.3, -0.25) is 0 Å². The summed E-state index contributed by atoms with van der Waals surface area (Å²) in [5, 5.41) is -0.370. The van der Waals surface area contributed by atoms with Crippen LogP contribution < -0.4 is 4.72 Å². The van der Waals surface area contributed by atoms with E-state index < -0.39 is 10.0 Å². The van der Waals surface area contributed by atoms with Gasteiger partial charge < -0.3 is 0 Å². The van der Waals surface area contributed by atoms with Gasteiger partial charge in [-0.05, 0) is 13.8 Å². The summed E-state index contributed by atoms with van der Waals surface area (Å²) in [6.45, 7) is 3.48. The van der Waals surface area contributed by atoms with Crippen molar-refractivity contribution in [1.82, 2.24) is 4.72 Å². The van der Waals surface area contributed by atoms with Gasteiger partial charge in [0.2, 0.25) is 10.0 Å². The first kappa shape index (κ1) is 13.8. The van der Waals surface area contributed by atoms with Gasteiger partial charge in [-0.15, -0.1) is 11.6 Å². The van der Waals surface area contributed by atoms with Gasteiger partial charge in [0.1, 0.15) is 5.21 Å². The predicted octanol–water partition coefficient (Wildman–Crippen LogP) is -0.138. The van der Waals surface area contributed by atoms with Crippen molar-refractivity contribution in [1.29, 1.82) is 0 Å². The molecule has 0 fully saturated rings. The van der Waals surface area contributed by atoms with Gasteiger partial charge in [-0.25, -0.2) is 13.1 Å². The average Bonchev–Trinajstić information content (AvgIpc) is 1.63. The molecule has 0 aliphatic heterocycles. The van der Waals surface area contributed by atoms with Crippen molar-refractivity contribution in [2.24, 2.45) is 0 Å². The second-order valence-corrected chi connectivity index (χ2v) is 4.33. The van der Waals surface area contributed by atoms with Crippen LogP contribution in [0, 0.1) is 0 Å². The second kappa shape index (κ2) is 5.80. The number of hydrogen-bond acceptors (Lipinski definition) is 2. The fraction of sp³-hybridized carbons (Fsp3) is 1.00. The summed E-state index contributed by atoms with van der Waals surface area (Å²) in [6.07, 6.45) is 0. The molecule has 0 saturated heterocycles. The second-order valence-electron chi connectivity index (χ2n) is 2.00. The Hall–Kier alpha value is 1.20. The summed E-state index contributed by atoms with van der Waals surface area (Å²) in [7, 11) is -3.20. The van der Waals surface area contributed by atoms with Crippen LogP contribution in [0.4, 0.5) is 0 Å².